The lowest BCUT2D eigenvalue weighted by Gasteiger charge is -2.21. The van der Waals surface area contributed by atoms with Crippen LogP contribution >= 0.6 is 0 Å². The minimum absolute atomic E-state index is 0.0913. The highest BCUT2D eigenvalue weighted by molar-refractivity contribution is 5.75. The molecule has 0 heterocycles. The van der Waals surface area contributed by atoms with Crippen LogP contribution in [0.4, 0.5) is 0 Å². The molecule has 0 atom stereocenters. The molecular formula is C13H26O2. The quantitative estimate of drug-likeness (QED) is 0.476. The zero-order valence-electron chi connectivity index (χ0n) is 10.9. The molecule has 0 aromatic carbocycles. The highest BCUT2D eigenvalue weighted by Gasteiger charge is 2.27. The monoisotopic (exact) mass is 214 g/mol. The summed E-state index contributed by atoms with van der Waals surface area (Å²) >= 11 is 0. The summed E-state index contributed by atoms with van der Waals surface area (Å²) in [6.45, 7) is 8.42. The van der Waals surface area contributed by atoms with Crippen molar-refractivity contribution in [3.8, 4) is 0 Å². The number of methoxy groups -OCH3 is 1. The largest absolute Gasteiger partial charge is 0.469 e. The van der Waals surface area contributed by atoms with Crippen LogP contribution in [0.15, 0.2) is 0 Å². The Labute approximate surface area is 94.4 Å². The number of carbonyl (C=O) groups is 1. The zero-order chi connectivity index (χ0) is 11.9. The molecule has 0 aliphatic rings. The second-order valence-electron chi connectivity index (χ2n) is 5.37. The third-order valence-corrected chi connectivity index (χ3v) is 2.82. The van der Waals surface area contributed by atoms with Crippen molar-refractivity contribution in [1.29, 1.82) is 0 Å². The van der Waals surface area contributed by atoms with E-state index in [0.717, 1.165) is 18.8 Å². The average molecular weight is 214 g/mol. The van der Waals surface area contributed by atoms with Gasteiger partial charge in [0, 0.05) is 0 Å². The molecule has 0 spiro atoms. The van der Waals surface area contributed by atoms with Crippen LogP contribution in [0, 0.1) is 11.3 Å². The van der Waals surface area contributed by atoms with Crippen molar-refractivity contribution in [3.63, 3.8) is 0 Å². The molecule has 0 aliphatic heterocycles. The van der Waals surface area contributed by atoms with E-state index < -0.39 is 0 Å². The lowest BCUT2D eigenvalue weighted by Crippen LogP contribution is -2.25. The van der Waals surface area contributed by atoms with Gasteiger partial charge in [-0.05, 0) is 26.2 Å². The molecule has 0 aromatic heterocycles. The molecule has 0 aliphatic carbocycles. The van der Waals surface area contributed by atoms with Gasteiger partial charge in [0.25, 0.3) is 0 Å². The number of hydrogen-bond acceptors (Lipinski definition) is 2. The summed E-state index contributed by atoms with van der Waals surface area (Å²) in [5.74, 6) is 0.699. The molecule has 0 aromatic rings. The first-order chi connectivity index (χ1) is 6.90. The van der Waals surface area contributed by atoms with E-state index in [1.807, 2.05) is 13.8 Å². The lowest BCUT2D eigenvalue weighted by atomic mass is 9.87. The first kappa shape index (κ1) is 14.5. The van der Waals surface area contributed by atoms with E-state index in [-0.39, 0.29) is 11.4 Å². The summed E-state index contributed by atoms with van der Waals surface area (Å²) < 4.78 is 4.77. The second-order valence-corrected chi connectivity index (χ2v) is 5.37. The van der Waals surface area contributed by atoms with Crippen molar-refractivity contribution in [2.45, 2.75) is 59.8 Å². The van der Waals surface area contributed by atoms with Crippen molar-refractivity contribution in [1.82, 2.24) is 0 Å². The number of hydrogen-bond donors (Lipinski definition) is 0. The number of carbonyl (C=O) groups excluding carboxylic acids is 1. The third kappa shape index (κ3) is 6.53. The molecule has 0 saturated carbocycles. The highest BCUT2D eigenvalue weighted by Crippen LogP contribution is 2.25. The van der Waals surface area contributed by atoms with E-state index in [4.69, 9.17) is 4.74 Å². The van der Waals surface area contributed by atoms with Gasteiger partial charge in [-0.25, -0.2) is 0 Å². The lowest BCUT2D eigenvalue weighted by molar-refractivity contribution is -0.151. The van der Waals surface area contributed by atoms with E-state index in [9.17, 15) is 4.79 Å². The van der Waals surface area contributed by atoms with E-state index >= 15 is 0 Å². The fourth-order valence-electron chi connectivity index (χ4n) is 1.67. The number of unbranched alkanes of at least 4 members (excludes halogenated alkanes) is 2. The summed E-state index contributed by atoms with van der Waals surface area (Å²) in [6.07, 6.45) is 5.83. The Hall–Kier alpha value is -0.530. The van der Waals surface area contributed by atoms with Crippen molar-refractivity contribution in [2.75, 3.05) is 7.11 Å². The fraction of sp³-hybridized carbons (Fsp3) is 0.923. The number of ether oxygens (including phenoxy) is 1. The molecule has 0 amide bonds. The maximum absolute atomic E-state index is 11.4. The van der Waals surface area contributed by atoms with E-state index in [2.05, 4.69) is 13.8 Å². The van der Waals surface area contributed by atoms with Crippen molar-refractivity contribution >= 4 is 5.97 Å². The second kappa shape index (κ2) is 6.86. The summed E-state index contributed by atoms with van der Waals surface area (Å²) in [6, 6.07) is 0. The normalized spacial score (nSPS) is 11.9. The molecule has 15 heavy (non-hydrogen) atoms. The van der Waals surface area contributed by atoms with Gasteiger partial charge in [-0.3, -0.25) is 4.79 Å². The topological polar surface area (TPSA) is 26.3 Å². The summed E-state index contributed by atoms with van der Waals surface area (Å²) in [5.41, 5.74) is -0.313. The van der Waals surface area contributed by atoms with Crippen molar-refractivity contribution in [2.24, 2.45) is 11.3 Å². The van der Waals surface area contributed by atoms with Gasteiger partial charge in [-0.1, -0.05) is 39.5 Å². The average Bonchev–Trinajstić information content (AvgIpc) is 2.15. The molecule has 0 radical (unpaired) electrons. The molecule has 0 unspecified atom stereocenters. The third-order valence-electron chi connectivity index (χ3n) is 2.82. The molecule has 0 rings (SSSR count). The van der Waals surface area contributed by atoms with Gasteiger partial charge in [0.05, 0.1) is 12.5 Å². The zero-order valence-corrected chi connectivity index (χ0v) is 10.9. The summed E-state index contributed by atoms with van der Waals surface area (Å²) in [4.78, 5) is 11.4. The molecule has 0 saturated heterocycles. The first-order valence-electron chi connectivity index (χ1n) is 5.98. The van der Waals surface area contributed by atoms with Gasteiger partial charge in [0.1, 0.15) is 0 Å². The van der Waals surface area contributed by atoms with Gasteiger partial charge in [0.15, 0.2) is 0 Å². The van der Waals surface area contributed by atoms with Crippen LogP contribution < -0.4 is 0 Å². The Morgan fingerprint density at radius 2 is 1.80 bits per heavy atom. The SMILES string of the molecule is COC(=O)C(C)(C)CCCCCC(C)C. The van der Waals surface area contributed by atoms with Gasteiger partial charge in [-0.15, -0.1) is 0 Å². The van der Waals surface area contributed by atoms with Gasteiger partial charge in [0.2, 0.25) is 0 Å². The van der Waals surface area contributed by atoms with Crippen LogP contribution in [0.1, 0.15) is 59.8 Å². The van der Waals surface area contributed by atoms with E-state index in [1.165, 1.54) is 26.4 Å². The molecule has 90 valence electrons. The number of esters is 1. The minimum atomic E-state index is -0.313. The van der Waals surface area contributed by atoms with Crippen molar-refractivity contribution < 1.29 is 9.53 Å². The Morgan fingerprint density at radius 1 is 1.20 bits per heavy atom. The molecule has 0 fully saturated rings. The van der Waals surface area contributed by atoms with Crippen LogP contribution in [-0.2, 0) is 9.53 Å². The summed E-state index contributed by atoms with van der Waals surface area (Å²) in [7, 11) is 1.46. The number of rotatable bonds is 7. The standard InChI is InChI=1S/C13H26O2/c1-11(2)9-7-6-8-10-13(3,4)12(14)15-5/h11H,6-10H2,1-5H3. The van der Waals surface area contributed by atoms with Gasteiger partial charge >= 0.3 is 5.97 Å². The molecule has 0 N–H and O–H groups in total. The van der Waals surface area contributed by atoms with Crippen LogP contribution in [0.25, 0.3) is 0 Å². The smallest absolute Gasteiger partial charge is 0.311 e. The van der Waals surface area contributed by atoms with Crippen LogP contribution in [0.2, 0.25) is 0 Å². The molecule has 2 heteroatoms. The highest BCUT2D eigenvalue weighted by atomic mass is 16.5. The minimum Gasteiger partial charge on any atom is -0.469 e. The van der Waals surface area contributed by atoms with Crippen LogP contribution in [0.3, 0.4) is 0 Å². The first-order valence-corrected chi connectivity index (χ1v) is 5.98. The maximum atomic E-state index is 11.4. The Bertz CT molecular complexity index is 183. The van der Waals surface area contributed by atoms with Crippen molar-refractivity contribution in [3.05, 3.63) is 0 Å². The van der Waals surface area contributed by atoms with Crippen LogP contribution in [-0.4, -0.2) is 13.1 Å². The van der Waals surface area contributed by atoms with E-state index in [1.54, 1.807) is 0 Å². The molecule has 0 bridgehead atoms. The molecular weight excluding hydrogens is 188 g/mol. The van der Waals surface area contributed by atoms with Gasteiger partial charge < -0.3 is 4.74 Å². The van der Waals surface area contributed by atoms with Gasteiger partial charge in [-0.2, -0.15) is 0 Å². The Kier molecular flexibility index (Phi) is 6.62. The summed E-state index contributed by atoms with van der Waals surface area (Å²) in [5, 5.41) is 0. The fourth-order valence-corrected chi connectivity index (χ4v) is 1.67. The Balaban J connectivity index is 3.62. The molecule has 2 nitrogen and oxygen atoms in total. The predicted octanol–water partition coefficient (Wildman–Crippen LogP) is 3.79. The van der Waals surface area contributed by atoms with Crippen LogP contribution in [0.5, 0.6) is 0 Å². The Morgan fingerprint density at radius 3 is 2.27 bits per heavy atom. The predicted molar refractivity (Wildman–Crippen MR) is 63.7 cm³/mol. The maximum Gasteiger partial charge on any atom is 0.311 e. The van der Waals surface area contributed by atoms with E-state index in [0.29, 0.717) is 0 Å².